The van der Waals surface area contributed by atoms with Crippen molar-refractivity contribution >= 4 is 11.9 Å². The Bertz CT molecular complexity index is 2600. The Labute approximate surface area is 397 Å². The maximum absolute atomic E-state index is 16.5. The molecule has 0 amide bonds. The molecule has 16 rings (SSSR count). The summed E-state index contributed by atoms with van der Waals surface area (Å²) in [7, 11) is 0. The second-order valence-electron chi connectivity index (χ2n) is 26.3. The molecule has 8 aliphatic carbocycles. The number of aliphatic hydroxyl groups is 1. The van der Waals surface area contributed by atoms with E-state index in [0.29, 0.717) is 83.6 Å². The molecular formula is C59H73N3O5. The van der Waals surface area contributed by atoms with Gasteiger partial charge in [0.2, 0.25) is 0 Å². The number of piperidine rings is 3. The number of aliphatic hydroxyl groups excluding tert-OH is 1. The lowest BCUT2D eigenvalue weighted by atomic mass is 9.26. The highest BCUT2D eigenvalue weighted by Crippen LogP contribution is 2.89. The standard InChI is InChI=1S/C59H73N3O5/c1-31-23-34-15-20-56-28-41(34)47-39-16-21-57-52(66-54(65)58(47,57)45(24-31)59(57)42-9-5-7-33(8-6-22-60)46(42)53(64)67-59)51(63)40-11-13-44-38-26-37(29-61(44)49(40)36-14-19-55(27-36)17-3-4-18-55)43-12-10-35(25-32(56)2)50(48(39)56)62(43)30-38/h5,7,9,23,31-32,36-38,40-41,43-45,48-49,63H,3-4,6,8,10-22,24-30,60H2,1-2H3/b34-23-,52-51+/t31-,32+,36-,37+,38+,40-,41+,43+,44-,45+,48-,49-,56+,57-,58-,59-/m1/s1. The molecule has 4 saturated carbocycles. The van der Waals surface area contributed by atoms with Crippen LogP contribution in [0.25, 0.3) is 0 Å². The third kappa shape index (κ3) is 4.41. The van der Waals surface area contributed by atoms with Gasteiger partial charge in [-0.25, -0.2) is 4.79 Å². The zero-order valence-corrected chi connectivity index (χ0v) is 40.3. The first kappa shape index (κ1) is 40.4. The number of carbonyl (C=O) groups is 2. The molecule has 1 aromatic rings. The Morgan fingerprint density at radius 2 is 1.76 bits per heavy atom. The molecule has 0 radical (unpaired) electrons. The van der Waals surface area contributed by atoms with Crippen molar-refractivity contribution in [2.75, 3.05) is 19.6 Å². The molecule has 1 aromatic carbocycles. The highest BCUT2D eigenvalue weighted by atomic mass is 16.6. The Morgan fingerprint density at radius 1 is 0.896 bits per heavy atom. The summed E-state index contributed by atoms with van der Waals surface area (Å²) in [5, 5.41) is 14.0. The van der Waals surface area contributed by atoms with Crippen LogP contribution in [0.15, 0.2) is 63.8 Å². The molecule has 16 atom stereocenters. The predicted molar refractivity (Wildman–Crippen MR) is 254 cm³/mol. The van der Waals surface area contributed by atoms with Gasteiger partial charge in [-0.2, -0.15) is 0 Å². The van der Waals surface area contributed by atoms with E-state index in [1.54, 1.807) is 22.4 Å². The van der Waals surface area contributed by atoms with E-state index in [-0.39, 0.29) is 47.1 Å². The summed E-state index contributed by atoms with van der Waals surface area (Å²) in [6, 6.07) is 7.71. The molecule has 8 fully saturated rings. The number of esters is 2. The van der Waals surface area contributed by atoms with Gasteiger partial charge in [-0.1, -0.05) is 67.7 Å². The first-order chi connectivity index (χ1) is 32.6. The average molecular weight is 904 g/mol. The molecule has 9 bridgehead atoms. The number of hydrogen-bond acceptors (Lipinski definition) is 8. The van der Waals surface area contributed by atoms with Crippen LogP contribution in [0, 0.1) is 74.9 Å². The van der Waals surface area contributed by atoms with Crippen LogP contribution in [-0.4, -0.2) is 64.6 Å². The van der Waals surface area contributed by atoms with Crippen LogP contribution in [0.2, 0.25) is 0 Å². The molecule has 0 aromatic heterocycles. The average Bonchev–Trinajstić information content (AvgIpc) is 4.10. The van der Waals surface area contributed by atoms with Crippen LogP contribution in [0.1, 0.15) is 164 Å². The molecule has 15 aliphatic rings. The number of nitrogens with zero attached hydrogens (tertiary/aromatic N) is 2. The number of fused-ring (bicyclic) bond motifs is 8. The topological polar surface area (TPSA) is 105 Å². The molecule has 7 heterocycles. The SMILES string of the molecule is C[C@@H]1/C=C2/CC[C@@]34C[C@@H]2C2=C5CC[C@@]67/C(=C(\O)[C@@H]8CC[C@@H]9[C@H]%10C[C@@H](CN9[C@@H]8[C@@H]8CCC9(CCCC9)C8)[C@@H]8CCC(=C([C@@H]53)N8C%10)C[C@@H]4C)OC(=O)[C@@]26[C@H](C1)[C@@]71OC(=O)c2c(CCCN)cccc21. The summed E-state index contributed by atoms with van der Waals surface area (Å²) in [5.74, 6) is 3.08. The zero-order chi connectivity index (χ0) is 44.7. The summed E-state index contributed by atoms with van der Waals surface area (Å²) in [5.41, 5.74) is 14.2. The quantitative estimate of drug-likeness (QED) is 0.227. The van der Waals surface area contributed by atoms with E-state index in [1.807, 2.05) is 0 Å². The lowest BCUT2D eigenvalue weighted by molar-refractivity contribution is -0.283. The number of rotatable bonds is 4. The normalized spacial score (nSPS) is 50.4. The van der Waals surface area contributed by atoms with Gasteiger partial charge in [0.15, 0.2) is 11.4 Å². The Kier molecular flexibility index (Phi) is 7.91. The number of benzene rings is 1. The molecule has 5 spiro atoms. The summed E-state index contributed by atoms with van der Waals surface area (Å²) >= 11 is 0. The van der Waals surface area contributed by atoms with Gasteiger partial charge in [0, 0.05) is 66.1 Å². The minimum absolute atomic E-state index is 0.121. The molecular weight excluding hydrogens is 831 g/mol. The summed E-state index contributed by atoms with van der Waals surface area (Å²) < 4.78 is 14.6. The minimum atomic E-state index is -1.13. The third-order valence-corrected chi connectivity index (χ3v) is 24.4. The van der Waals surface area contributed by atoms with Crippen LogP contribution in [-0.2, 0) is 26.3 Å². The van der Waals surface area contributed by atoms with E-state index in [1.165, 1.54) is 89.2 Å². The number of aryl methyl sites for hydroxylation is 1. The number of allylic oxidation sites excluding steroid dienone is 4. The predicted octanol–water partition coefficient (Wildman–Crippen LogP) is 10.6. The van der Waals surface area contributed by atoms with Gasteiger partial charge in [0.25, 0.3) is 0 Å². The molecule has 7 aliphatic heterocycles. The molecule has 0 unspecified atom stereocenters. The smallest absolute Gasteiger partial charge is 0.339 e. The van der Waals surface area contributed by atoms with Crippen molar-refractivity contribution in [2.24, 2.45) is 80.7 Å². The van der Waals surface area contributed by atoms with E-state index < -0.39 is 16.4 Å². The van der Waals surface area contributed by atoms with Crippen LogP contribution in [0.5, 0.6) is 0 Å². The molecule has 3 N–H and O–H groups in total. The van der Waals surface area contributed by atoms with Crippen molar-refractivity contribution < 1.29 is 24.2 Å². The molecule has 67 heavy (non-hydrogen) atoms. The Morgan fingerprint density at radius 3 is 2.63 bits per heavy atom. The molecule has 4 saturated heterocycles. The van der Waals surface area contributed by atoms with E-state index in [0.717, 1.165) is 62.6 Å². The number of carbonyl (C=O) groups excluding carboxylic acids is 2. The van der Waals surface area contributed by atoms with E-state index >= 15 is 9.59 Å². The number of ether oxygens (including phenoxy) is 2. The summed E-state index contributed by atoms with van der Waals surface area (Å²) in [6.07, 6.45) is 26.1. The van der Waals surface area contributed by atoms with Crippen molar-refractivity contribution in [1.82, 2.24) is 9.80 Å². The zero-order valence-electron chi connectivity index (χ0n) is 40.3. The number of hydrogen-bond donors (Lipinski definition) is 2. The van der Waals surface area contributed by atoms with Crippen molar-refractivity contribution in [3.8, 4) is 0 Å². The van der Waals surface area contributed by atoms with E-state index in [9.17, 15) is 5.11 Å². The second-order valence-corrected chi connectivity index (χ2v) is 26.3. The third-order valence-electron chi connectivity index (χ3n) is 24.4. The van der Waals surface area contributed by atoms with Crippen LogP contribution in [0.4, 0.5) is 0 Å². The lowest BCUT2D eigenvalue weighted by Gasteiger charge is -2.74. The summed E-state index contributed by atoms with van der Waals surface area (Å²) in [4.78, 5) is 37.7. The van der Waals surface area contributed by atoms with Gasteiger partial charge in [0.1, 0.15) is 11.2 Å². The van der Waals surface area contributed by atoms with Crippen molar-refractivity contribution in [3.05, 3.63) is 80.5 Å². The lowest BCUT2D eigenvalue weighted by Crippen LogP contribution is -2.78. The minimum Gasteiger partial charge on any atom is -0.508 e. The highest BCUT2D eigenvalue weighted by molar-refractivity contribution is 6.00. The monoisotopic (exact) mass is 904 g/mol. The summed E-state index contributed by atoms with van der Waals surface area (Å²) in [6.45, 7) is 7.84. The van der Waals surface area contributed by atoms with Crippen molar-refractivity contribution in [2.45, 2.75) is 172 Å². The van der Waals surface area contributed by atoms with Gasteiger partial charge >= 0.3 is 11.9 Å². The molecule has 8 nitrogen and oxygen atoms in total. The highest BCUT2D eigenvalue weighted by Gasteiger charge is 2.94. The van der Waals surface area contributed by atoms with Crippen LogP contribution < -0.4 is 5.73 Å². The van der Waals surface area contributed by atoms with Gasteiger partial charge in [0.05, 0.1) is 11.0 Å². The maximum atomic E-state index is 16.5. The van der Waals surface area contributed by atoms with Crippen LogP contribution >= 0.6 is 0 Å². The largest absolute Gasteiger partial charge is 0.508 e. The Balaban J connectivity index is 1.01. The number of nitrogens with two attached hydrogens (primary N) is 1. The molecule has 8 heteroatoms. The van der Waals surface area contributed by atoms with Crippen molar-refractivity contribution in [3.63, 3.8) is 0 Å². The first-order valence-electron chi connectivity index (χ1n) is 28.0. The van der Waals surface area contributed by atoms with Crippen molar-refractivity contribution in [1.29, 1.82) is 0 Å². The fraction of sp³-hybridized carbons (Fsp3) is 0.729. The Hall–Kier alpha value is -3.36. The maximum Gasteiger partial charge on any atom is 0.339 e. The fourth-order valence-electron chi connectivity index (χ4n) is 22.5. The fourth-order valence-corrected chi connectivity index (χ4v) is 22.5. The van der Waals surface area contributed by atoms with Gasteiger partial charge in [-0.3, -0.25) is 9.69 Å². The van der Waals surface area contributed by atoms with E-state index in [4.69, 9.17) is 15.2 Å². The van der Waals surface area contributed by atoms with Gasteiger partial charge < -0.3 is 25.2 Å². The second kappa shape index (κ2) is 13.1. The van der Waals surface area contributed by atoms with Gasteiger partial charge in [-0.05, 0) is 180 Å². The van der Waals surface area contributed by atoms with E-state index in [2.05, 4.69) is 47.9 Å². The molecule has 354 valence electrons. The van der Waals surface area contributed by atoms with Gasteiger partial charge in [-0.15, -0.1) is 0 Å². The first-order valence-corrected chi connectivity index (χ1v) is 28.0. The van der Waals surface area contributed by atoms with Crippen LogP contribution in [0.3, 0.4) is 0 Å².